The lowest BCUT2D eigenvalue weighted by molar-refractivity contribution is -0.119. The highest BCUT2D eigenvalue weighted by Gasteiger charge is 2.23. The lowest BCUT2D eigenvalue weighted by atomic mass is 10.1. The van der Waals surface area contributed by atoms with E-state index >= 15 is 0 Å². The molecule has 3 heterocycles. The normalized spacial score (nSPS) is 15.4. The molecule has 3 aromatic rings. The average molecular weight is 512 g/mol. The number of carbonyl (C=O) groups is 1. The van der Waals surface area contributed by atoms with E-state index < -0.39 is 0 Å². The van der Waals surface area contributed by atoms with Crippen molar-refractivity contribution in [2.75, 3.05) is 43.4 Å². The van der Waals surface area contributed by atoms with E-state index in [4.69, 9.17) is 10.1 Å². The fourth-order valence-corrected chi connectivity index (χ4v) is 5.45. The summed E-state index contributed by atoms with van der Waals surface area (Å²) in [5.74, 6) is 0.890. The molecule has 0 aliphatic carbocycles. The third kappa shape index (κ3) is 6.37. The van der Waals surface area contributed by atoms with Crippen LogP contribution in [0.15, 0.2) is 24.3 Å². The van der Waals surface area contributed by atoms with Gasteiger partial charge in [0, 0.05) is 30.7 Å². The third-order valence-electron chi connectivity index (χ3n) is 6.68. The number of anilines is 2. The second-order valence-corrected chi connectivity index (χ2v) is 11.8. The van der Waals surface area contributed by atoms with Crippen LogP contribution in [0, 0.1) is 0 Å². The largest absolute Gasteiger partial charge is 0.364 e. The van der Waals surface area contributed by atoms with Crippen LogP contribution in [-0.4, -0.2) is 70.2 Å². The predicted molar refractivity (Wildman–Crippen MR) is 150 cm³/mol. The summed E-state index contributed by atoms with van der Waals surface area (Å²) in [6, 6.07) is 9.07. The van der Waals surface area contributed by atoms with Crippen LogP contribution in [0.1, 0.15) is 59.4 Å². The minimum atomic E-state index is -0.157. The summed E-state index contributed by atoms with van der Waals surface area (Å²) < 4.78 is 1.88. The molecule has 1 fully saturated rings. The van der Waals surface area contributed by atoms with Crippen molar-refractivity contribution >= 4 is 33.2 Å². The van der Waals surface area contributed by atoms with Gasteiger partial charge in [-0.15, -0.1) is 5.10 Å². The molecule has 0 radical (unpaired) electrons. The number of aryl methyl sites for hydroxylation is 1. The molecular weight excluding hydrogens is 470 g/mol. The van der Waals surface area contributed by atoms with Crippen LogP contribution < -0.4 is 15.5 Å². The van der Waals surface area contributed by atoms with E-state index in [-0.39, 0.29) is 18.0 Å². The van der Waals surface area contributed by atoms with Gasteiger partial charge in [0.05, 0.1) is 6.54 Å². The van der Waals surface area contributed by atoms with Crippen molar-refractivity contribution in [1.82, 2.24) is 24.8 Å². The van der Waals surface area contributed by atoms with Crippen molar-refractivity contribution < 1.29 is 4.79 Å². The summed E-state index contributed by atoms with van der Waals surface area (Å²) in [4.78, 5) is 22.8. The van der Waals surface area contributed by atoms with Gasteiger partial charge in [0.15, 0.2) is 5.82 Å². The number of benzene rings is 1. The average Bonchev–Trinajstić information content (AvgIpc) is 3.56. The molecule has 9 heteroatoms. The lowest BCUT2D eigenvalue weighted by Gasteiger charge is -2.24. The van der Waals surface area contributed by atoms with Crippen molar-refractivity contribution in [3.8, 4) is 11.3 Å². The number of likely N-dealkylation sites (tertiary alicyclic amines) is 1. The standard InChI is InChI=1S/C27H41N7OS/c1-7-20-10-12-21(13-11-20)23-24(30-27(3,4)5)34-25(29-23)36-26(31-34)32(6)18-22(35)28-15-14-19(2)33-16-8-9-17-33/h10-13,19,30H,7-9,14-18H2,1-6H3,(H,28,35). The first-order valence-corrected chi connectivity index (χ1v) is 13.9. The number of carbonyl (C=O) groups excluding carboxylic acids is 1. The van der Waals surface area contributed by atoms with E-state index in [0.29, 0.717) is 12.6 Å². The van der Waals surface area contributed by atoms with E-state index in [9.17, 15) is 4.79 Å². The maximum Gasteiger partial charge on any atom is 0.239 e. The molecule has 196 valence electrons. The molecule has 1 aromatic carbocycles. The summed E-state index contributed by atoms with van der Waals surface area (Å²) in [5, 5.41) is 12.3. The first kappa shape index (κ1) is 26.4. The maximum atomic E-state index is 12.6. The molecule has 2 aromatic heterocycles. The van der Waals surface area contributed by atoms with E-state index in [1.165, 1.54) is 42.8 Å². The minimum absolute atomic E-state index is 0.0173. The van der Waals surface area contributed by atoms with Gasteiger partial charge in [-0.25, -0.2) is 4.98 Å². The van der Waals surface area contributed by atoms with Gasteiger partial charge in [-0.3, -0.25) is 4.79 Å². The fraction of sp³-hybridized carbons (Fsp3) is 0.593. The Morgan fingerprint density at radius 3 is 2.53 bits per heavy atom. The molecule has 1 aliphatic rings. The molecule has 0 spiro atoms. The van der Waals surface area contributed by atoms with E-state index in [1.807, 2.05) is 16.5 Å². The molecule has 1 amide bonds. The number of amides is 1. The highest BCUT2D eigenvalue weighted by atomic mass is 32.1. The van der Waals surface area contributed by atoms with Crippen molar-refractivity contribution in [1.29, 1.82) is 0 Å². The molecule has 4 rings (SSSR count). The van der Waals surface area contributed by atoms with E-state index in [0.717, 1.165) is 40.0 Å². The van der Waals surface area contributed by atoms with Crippen LogP contribution in [0.3, 0.4) is 0 Å². The van der Waals surface area contributed by atoms with Crippen LogP contribution in [0.2, 0.25) is 0 Å². The van der Waals surface area contributed by atoms with Crippen LogP contribution in [0.5, 0.6) is 0 Å². The zero-order chi connectivity index (χ0) is 25.9. The Morgan fingerprint density at radius 2 is 1.89 bits per heavy atom. The Kier molecular flexibility index (Phi) is 8.20. The summed E-state index contributed by atoms with van der Waals surface area (Å²) in [6.45, 7) is 14.1. The molecule has 1 atom stereocenters. The van der Waals surface area contributed by atoms with Gasteiger partial charge in [-0.1, -0.05) is 42.5 Å². The molecule has 0 saturated carbocycles. The summed E-state index contributed by atoms with van der Waals surface area (Å²) in [7, 11) is 1.91. The van der Waals surface area contributed by atoms with Gasteiger partial charge in [0.25, 0.3) is 0 Å². The molecule has 8 nitrogen and oxygen atoms in total. The fourth-order valence-electron chi connectivity index (χ4n) is 4.58. The first-order chi connectivity index (χ1) is 17.1. The van der Waals surface area contributed by atoms with Crippen molar-refractivity contribution in [3.05, 3.63) is 29.8 Å². The van der Waals surface area contributed by atoms with Crippen LogP contribution in [-0.2, 0) is 11.2 Å². The zero-order valence-electron chi connectivity index (χ0n) is 22.6. The Hall–Kier alpha value is -2.65. The molecule has 1 saturated heterocycles. The number of imidazole rings is 1. The molecule has 0 bridgehead atoms. The van der Waals surface area contributed by atoms with Crippen molar-refractivity contribution in [2.45, 2.75) is 71.9 Å². The van der Waals surface area contributed by atoms with Gasteiger partial charge >= 0.3 is 0 Å². The van der Waals surface area contributed by atoms with Gasteiger partial charge < -0.3 is 20.4 Å². The predicted octanol–water partition coefficient (Wildman–Crippen LogP) is 4.66. The number of nitrogens with zero attached hydrogens (tertiary/aromatic N) is 5. The van der Waals surface area contributed by atoms with Gasteiger partial charge in [0.1, 0.15) is 5.69 Å². The van der Waals surface area contributed by atoms with Crippen LogP contribution in [0.25, 0.3) is 16.2 Å². The van der Waals surface area contributed by atoms with Crippen molar-refractivity contribution in [2.24, 2.45) is 0 Å². The van der Waals surface area contributed by atoms with Gasteiger partial charge in [-0.2, -0.15) is 4.52 Å². The molecule has 1 unspecified atom stereocenters. The third-order valence-corrected chi connectivity index (χ3v) is 7.70. The Labute approximate surface area is 219 Å². The van der Waals surface area contributed by atoms with Crippen LogP contribution >= 0.6 is 11.3 Å². The minimum Gasteiger partial charge on any atom is -0.364 e. The monoisotopic (exact) mass is 511 g/mol. The topological polar surface area (TPSA) is 77.8 Å². The number of nitrogens with one attached hydrogen (secondary N) is 2. The first-order valence-electron chi connectivity index (χ1n) is 13.1. The SMILES string of the molecule is CCc1ccc(-c2nc3sc(N(C)CC(=O)NCCC(C)N4CCCC4)nn3c2NC(C)(C)C)cc1. The van der Waals surface area contributed by atoms with E-state index in [1.54, 1.807) is 0 Å². The second-order valence-electron chi connectivity index (χ2n) is 10.9. The molecule has 2 N–H and O–H groups in total. The highest BCUT2D eigenvalue weighted by molar-refractivity contribution is 7.20. The lowest BCUT2D eigenvalue weighted by Crippen LogP contribution is -2.38. The Bertz CT molecular complexity index is 1160. The molecule has 1 aliphatic heterocycles. The number of aromatic nitrogens is 3. The highest BCUT2D eigenvalue weighted by Crippen LogP contribution is 2.34. The maximum absolute atomic E-state index is 12.6. The number of likely N-dealkylation sites (N-methyl/N-ethyl adjacent to an activating group) is 1. The van der Waals surface area contributed by atoms with Crippen LogP contribution in [0.4, 0.5) is 10.9 Å². The van der Waals surface area contributed by atoms with Crippen molar-refractivity contribution in [3.63, 3.8) is 0 Å². The summed E-state index contributed by atoms with van der Waals surface area (Å²) in [6.07, 6.45) is 4.56. The van der Waals surface area contributed by atoms with Gasteiger partial charge in [-0.05, 0) is 72.0 Å². The number of fused-ring (bicyclic) bond motifs is 1. The van der Waals surface area contributed by atoms with E-state index in [2.05, 4.69) is 74.4 Å². The summed E-state index contributed by atoms with van der Waals surface area (Å²) in [5.41, 5.74) is 3.10. The Morgan fingerprint density at radius 1 is 1.19 bits per heavy atom. The zero-order valence-corrected chi connectivity index (χ0v) is 23.4. The Balaban J connectivity index is 1.45. The molecular formula is C27H41N7OS. The smallest absolute Gasteiger partial charge is 0.239 e. The second kappa shape index (κ2) is 11.2. The number of hydrogen-bond acceptors (Lipinski definition) is 7. The quantitative estimate of drug-likeness (QED) is 0.412. The van der Waals surface area contributed by atoms with Gasteiger partial charge in [0.2, 0.25) is 16.0 Å². The number of hydrogen-bond donors (Lipinski definition) is 2. The number of rotatable bonds is 10. The summed E-state index contributed by atoms with van der Waals surface area (Å²) >= 11 is 1.50. The molecule has 36 heavy (non-hydrogen) atoms.